The van der Waals surface area contributed by atoms with E-state index in [1.54, 1.807) is 17.1 Å². The van der Waals surface area contributed by atoms with Gasteiger partial charge in [-0.05, 0) is 42.7 Å². The van der Waals surface area contributed by atoms with Crippen LogP contribution in [0, 0.1) is 0 Å². The molecule has 2 aromatic carbocycles. The average molecular weight is 474 g/mol. The van der Waals surface area contributed by atoms with Gasteiger partial charge in [-0.1, -0.05) is 60.7 Å². The number of carbonyl (C=O) groups is 2. The first-order valence-corrected chi connectivity index (χ1v) is 12.1. The smallest absolute Gasteiger partial charge is 0.247 e. The van der Waals surface area contributed by atoms with Crippen molar-refractivity contribution in [3.8, 4) is 0 Å². The SMILES string of the molecule is CCOCCCN(CC(=O)N(Cc1ccccc1)Cc1cccn1C)C(=O)C=Cc1ccccc1. The van der Waals surface area contributed by atoms with E-state index in [0.29, 0.717) is 39.3 Å². The Morgan fingerprint density at radius 3 is 2.29 bits per heavy atom. The summed E-state index contributed by atoms with van der Waals surface area (Å²) in [6.45, 7) is 4.54. The first-order chi connectivity index (χ1) is 17.1. The molecule has 0 saturated heterocycles. The third kappa shape index (κ3) is 8.58. The van der Waals surface area contributed by atoms with Crippen molar-refractivity contribution < 1.29 is 14.3 Å². The van der Waals surface area contributed by atoms with Crippen molar-refractivity contribution in [2.75, 3.05) is 26.3 Å². The third-order valence-electron chi connectivity index (χ3n) is 5.75. The van der Waals surface area contributed by atoms with Crippen LogP contribution in [0.3, 0.4) is 0 Å². The second-order valence-corrected chi connectivity index (χ2v) is 8.40. The van der Waals surface area contributed by atoms with Crippen molar-refractivity contribution in [3.63, 3.8) is 0 Å². The Bertz CT molecular complexity index is 1080. The Kier molecular flexibility index (Phi) is 10.3. The number of hydrogen-bond donors (Lipinski definition) is 0. The minimum absolute atomic E-state index is 0.0152. The minimum atomic E-state index is -0.183. The Morgan fingerprint density at radius 1 is 0.914 bits per heavy atom. The molecule has 0 aliphatic rings. The molecule has 6 nitrogen and oxygen atoms in total. The number of hydrogen-bond acceptors (Lipinski definition) is 3. The molecule has 35 heavy (non-hydrogen) atoms. The number of amides is 2. The van der Waals surface area contributed by atoms with Crippen LogP contribution in [0.5, 0.6) is 0 Å². The van der Waals surface area contributed by atoms with Crippen molar-refractivity contribution in [2.24, 2.45) is 7.05 Å². The zero-order chi connectivity index (χ0) is 24.9. The van der Waals surface area contributed by atoms with Crippen molar-refractivity contribution in [2.45, 2.75) is 26.4 Å². The molecule has 0 atom stereocenters. The summed E-state index contributed by atoms with van der Waals surface area (Å²) in [5.74, 6) is -0.273. The van der Waals surface area contributed by atoms with Gasteiger partial charge in [0.25, 0.3) is 0 Å². The van der Waals surface area contributed by atoms with Gasteiger partial charge in [0.2, 0.25) is 11.8 Å². The van der Waals surface area contributed by atoms with E-state index in [-0.39, 0.29) is 18.4 Å². The number of rotatable bonds is 13. The van der Waals surface area contributed by atoms with E-state index in [1.807, 2.05) is 102 Å². The summed E-state index contributed by atoms with van der Waals surface area (Å²) in [4.78, 5) is 30.1. The van der Waals surface area contributed by atoms with E-state index in [9.17, 15) is 9.59 Å². The first-order valence-electron chi connectivity index (χ1n) is 12.1. The van der Waals surface area contributed by atoms with E-state index in [2.05, 4.69) is 0 Å². The first kappa shape index (κ1) is 26.0. The summed E-state index contributed by atoms with van der Waals surface area (Å²) < 4.78 is 7.47. The van der Waals surface area contributed by atoms with Crippen LogP contribution >= 0.6 is 0 Å². The van der Waals surface area contributed by atoms with Crippen LogP contribution < -0.4 is 0 Å². The summed E-state index contributed by atoms with van der Waals surface area (Å²) in [5, 5.41) is 0. The van der Waals surface area contributed by atoms with Gasteiger partial charge in [-0.15, -0.1) is 0 Å². The highest BCUT2D eigenvalue weighted by molar-refractivity contribution is 5.94. The highest BCUT2D eigenvalue weighted by Crippen LogP contribution is 2.12. The molecule has 0 N–H and O–H groups in total. The molecule has 0 aliphatic heterocycles. The predicted molar refractivity (Wildman–Crippen MR) is 139 cm³/mol. The molecule has 0 unspecified atom stereocenters. The van der Waals surface area contributed by atoms with Gasteiger partial charge in [0, 0.05) is 51.3 Å². The molecule has 1 aromatic heterocycles. The summed E-state index contributed by atoms with van der Waals surface area (Å²) in [6, 6.07) is 23.6. The topological polar surface area (TPSA) is 54.8 Å². The van der Waals surface area contributed by atoms with E-state index < -0.39 is 0 Å². The fraction of sp³-hybridized carbons (Fsp3) is 0.310. The summed E-state index contributed by atoms with van der Waals surface area (Å²) in [6.07, 6.45) is 5.97. The summed E-state index contributed by atoms with van der Waals surface area (Å²) in [7, 11) is 1.97. The summed E-state index contributed by atoms with van der Waals surface area (Å²) >= 11 is 0. The van der Waals surface area contributed by atoms with Crippen molar-refractivity contribution in [1.82, 2.24) is 14.4 Å². The zero-order valence-electron chi connectivity index (χ0n) is 20.7. The third-order valence-corrected chi connectivity index (χ3v) is 5.75. The molecule has 0 bridgehead atoms. The molecule has 1 heterocycles. The van der Waals surface area contributed by atoms with Gasteiger partial charge in [-0.25, -0.2) is 0 Å². The molecule has 3 aromatic rings. The van der Waals surface area contributed by atoms with Gasteiger partial charge in [0.05, 0.1) is 6.54 Å². The van der Waals surface area contributed by atoms with Gasteiger partial charge in [-0.2, -0.15) is 0 Å². The molecule has 6 heteroatoms. The van der Waals surface area contributed by atoms with Crippen molar-refractivity contribution >= 4 is 17.9 Å². The van der Waals surface area contributed by atoms with Crippen molar-refractivity contribution in [3.05, 3.63) is 102 Å². The highest BCUT2D eigenvalue weighted by atomic mass is 16.5. The number of benzene rings is 2. The maximum atomic E-state index is 13.5. The summed E-state index contributed by atoms with van der Waals surface area (Å²) in [5.41, 5.74) is 3.02. The molecule has 0 saturated carbocycles. The van der Waals surface area contributed by atoms with Crippen molar-refractivity contribution in [1.29, 1.82) is 0 Å². The number of aromatic nitrogens is 1. The lowest BCUT2D eigenvalue weighted by molar-refractivity contribution is -0.139. The molecule has 0 fully saturated rings. The van der Waals surface area contributed by atoms with Gasteiger partial charge < -0.3 is 19.1 Å². The van der Waals surface area contributed by atoms with E-state index in [4.69, 9.17) is 4.74 Å². The fourth-order valence-electron chi connectivity index (χ4n) is 3.76. The Labute approximate surface area is 208 Å². The number of ether oxygens (including phenoxy) is 1. The minimum Gasteiger partial charge on any atom is -0.382 e. The van der Waals surface area contributed by atoms with Crippen LogP contribution in [0.15, 0.2) is 85.1 Å². The maximum absolute atomic E-state index is 13.5. The maximum Gasteiger partial charge on any atom is 0.247 e. The largest absolute Gasteiger partial charge is 0.382 e. The van der Waals surface area contributed by atoms with Crippen LogP contribution in [0.4, 0.5) is 0 Å². The zero-order valence-corrected chi connectivity index (χ0v) is 20.7. The number of aryl methyl sites for hydroxylation is 1. The molecule has 0 radical (unpaired) electrons. The molecule has 0 spiro atoms. The molecule has 2 amide bonds. The fourth-order valence-corrected chi connectivity index (χ4v) is 3.76. The van der Waals surface area contributed by atoms with Crippen LogP contribution in [-0.4, -0.2) is 52.5 Å². The van der Waals surface area contributed by atoms with E-state index in [1.165, 1.54) is 0 Å². The lowest BCUT2D eigenvalue weighted by atomic mass is 10.2. The monoisotopic (exact) mass is 473 g/mol. The second kappa shape index (κ2) is 13.9. The number of carbonyl (C=O) groups excluding carboxylic acids is 2. The Morgan fingerprint density at radius 2 is 1.63 bits per heavy atom. The number of nitrogens with zero attached hydrogens (tertiary/aromatic N) is 3. The lowest BCUT2D eigenvalue weighted by Crippen LogP contribution is -2.42. The normalized spacial score (nSPS) is 11.0. The standard InChI is InChI=1S/C29H35N3O3/c1-3-35-21-11-20-31(28(33)18-17-25-12-6-4-7-13-25)24-29(34)32(22-26-14-8-5-9-15-26)23-27-16-10-19-30(27)2/h4-10,12-19H,3,11,20-24H2,1-2H3. The van der Waals surface area contributed by atoms with Gasteiger partial charge in [-0.3, -0.25) is 9.59 Å². The lowest BCUT2D eigenvalue weighted by Gasteiger charge is -2.27. The van der Waals surface area contributed by atoms with Crippen LogP contribution in [0.1, 0.15) is 30.2 Å². The Hall–Kier alpha value is -3.64. The molecule has 184 valence electrons. The Balaban J connectivity index is 1.75. The highest BCUT2D eigenvalue weighted by Gasteiger charge is 2.21. The molecular formula is C29H35N3O3. The molecule has 0 aliphatic carbocycles. The predicted octanol–water partition coefficient (Wildman–Crippen LogP) is 4.52. The molecule has 3 rings (SSSR count). The second-order valence-electron chi connectivity index (χ2n) is 8.40. The van der Waals surface area contributed by atoms with Gasteiger partial charge in [0.1, 0.15) is 6.54 Å². The van der Waals surface area contributed by atoms with Crippen LogP contribution in [0.25, 0.3) is 6.08 Å². The molecular weight excluding hydrogens is 438 g/mol. The van der Waals surface area contributed by atoms with Crippen LogP contribution in [0.2, 0.25) is 0 Å². The average Bonchev–Trinajstić information content (AvgIpc) is 3.29. The van der Waals surface area contributed by atoms with E-state index >= 15 is 0 Å². The van der Waals surface area contributed by atoms with Crippen LogP contribution in [-0.2, 0) is 34.5 Å². The quantitative estimate of drug-likeness (QED) is 0.271. The van der Waals surface area contributed by atoms with Gasteiger partial charge in [0.15, 0.2) is 0 Å². The van der Waals surface area contributed by atoms with E-state index in [0.717, 1.165) is 16.8 Å². The van der Waals surface area contributed by atoms with Gasteiger partial charge >= 0.3 is 0 Å².